The predicted octanol–water partition coefficient (Wildman–Crippen LogP) is 3.94. The molecule has 0 saturated heterocycles. The Hall–Kier alpha value is -1.70. The van der Waals surface area contributed by atoms with E-state index < -0.39 is 10.0 Å². The first-order valence-electron chi connectivity index (χ1n) is 9.02. The van der Waals surface area contributed by atoms with Crippen LogP contribution < -0.4 is 10.0 Å². The molecular weight excluding hydrogens is 428 g/mol. The van der Waals surface area contributed by atoms with E-state index in [1.807, 2.05) is 31.2 Å². The normalized spacial score (nSPS) is 13.9. The Bertz CT molecular complexity index is 958. The van der Waals surface area contributed by atoms with E-state index in [1.165, 1.54) is 5.56 Å². The lowest BCUT2D eigenvalue weighted by Crippen LogP contribution is -2.28. The molecule has 0 radical (unpaired) electrons. The number of carbonyl (C=O) groups is 1. The Labute approximate surface area is 168 Å². The zero-order chi connectivity index (χ0) is 19.4. The number of amides is 1. The van der Waals surface area contributed by atoms with E-state index in [0.29, 0.717) is 5.69 Å². The standard InChI is InChI=1S/C20H23BrN2O3S/c1-14-6-9-19(18(21)12-14)23-20(24)10-11-22-27(25,26)17-8-7-15-4-2-3-5-16(15)13-17/h6-9,12-13,22H,2-5,10-11H2,1H3,(H,23,24). The molecule has 7 heteroatoms. The molecule has 0 fully saturated rings. The molecular formula is C20H23BrN2O3S. The number of rotatable bonds is 6. The summed E-state index contributed by atoms with van der Waals surface area (Å²) in [5.41, 5.74) is 4.11. The van der Waals surface area contributed by atoms with Crippen molar-refractivity contribution in [1.29, 1.82) is 0 Å². The van der Waals surface area contributed by atoms with Gasteiger partial charge in [-0.1, -0.05) is 12.1 Å². The Morgan fingerprint density at radius 3 is 2.56 bits per heavy atom. The topological polar surface area (TPSA) is 75.3 Å². The molecule has 5 nitrogen and oxygen atoms in total. The van der Waals surface area contributed by atoms with Crippen LogP contribution in [0.4, 0.5) is 5.69 Å². The van der Waals surface area contributed by atoms with Gasteiger partial charge < -0.3 is 5.32 Å². The number of fused-ring (bicyclic) bond motifs is 1. The van der Waals surface area contributed by atoms with Gasteiger partial charge in [-0.15, -0.1) is 0 Å². The molecule has 0 bridgehead atoms. The number of hydrogen-bond donors (Lipinski definition) is 2. The molecule has 1 aliphatic carbocycles. The minimum Gasteiger partial charge on any atom is -0.325 e. The summed E-state index contributed by atoms with van der Waals surface area (Å²) < 4.78 is 28.3. The highest BCUT2D eigenvalue weighted by molar-refractivity contribution is 9.10. The Balaban J connectivity index is 1.56. The third-order valence-electron chi connectivity index (χ3n) is 4.67. The second kappa shape index (κ2) is 8.54. The zero-order valence-corrected chi connectivity index (χ0v) is 17.6. The molecule has 0 heterocycles. The fourth-order valence-corrected chi connectivity index (χ4v) is 4.87. The molecule has 0 aliphatic heterocycles. The van der Waals surface area contributed by atoms with Crippen molar-refractivity contribution < 1.29 is 13.2 Å². The van der Waals surface area contributed by atoms with Gasteiger partial charge in [-0.2, -0.15) is 0 Å². The summed E-state index contributed by atoms with van der Waals surface area (Å²) in [6.45, 7) is 2.01. The van der Waals surface area contributed by atoms with Crippen molar-refractivity contribution in [3.63, 3.8) is 0 Å². The van der Waals surface area contributed by atoms with Crippen molar-refractivity contribution in [1.82, 2.24) is 4.72 Å². The monoisotopic (exact) mass is 450 g/mol. The lowest BCUT2D eigenvalue weighted by atomic mass is 9.92. The zero-order valence-electron chi connectivity index (χ0n) is 15.2. The molecule has 3 rings (SSSR count). The van der Waals surface area contributed by atoms with Gasteiger partial charge in [-0.25, -0.2) is 13.1 Å². The van der Waals surface area contributed by atoms with E-state index in [2.05, 4.69) is 26.0 Å². The number of sulfonamides is 1. The van der Waals surface area contributed by atoms with Crippen LogP contribution in [0.3, 0.4) is 0 Å². The lowest BCUT2D eigenvalue weighted by molar-refractivity contribution is -0.116. The molecule has 0 aromatic heterocycles. The summed E-state index contributed by atoms with van der Waals surface area (Å²) >= 11 is 3.41. The smallest absolute Gasteiger partial charge is 0.240 e. The first-order valence-corrected chi connectivity index (χ1v) is 11.3. The minimum atomic E-state index is -3.62. The van der Waals surface area contributed by atoms with Crippen LogP contribution in [-0.4, -0.2) is 20.9 Å². The van der Waals surface area contributed by atoms with Crippen LogP contribution in [-0.2, 0) is 27.7 Å². The highest BCUT2D eigenvalue weighted by Crippen LogP contribution is 2.25. The highest BCUT2D eigenvalue weighted by atomic mass is 79.9. The largest absolute Gasteiger partial charge is 0.325 e. The summed E-state index contributed by atoms with van der Waals surface area (Å²) in [5.74, 6) is -0.243. The van der Waals surface area contributed by atoms with Crippen LogP contribution in [0.5, 0.6) is 0 Å². The second-order valence-electron chi connectivity index (χ2n) is 6.82. The van der Waals surface area contributed by atoms with Gasteiger partial charge in [-0.05, 0) is 89.5 Å². The van der Waals surface area contributed by atoms with Crippen molar-refractivity contribution in [3.8, 4) is 0 Å². The number of benzene rings is 2. The molecule has 0 spiro atoms. The van der Waals surface area contributed by atoms with Crippen molar-refractivity contribution in [2.75, 3.05) is 11.9 Å². The maximum absolute atomic E-state index is 12.5. The third-order valence-corrected chi connectivity index (χ3v) is 6.79. The molecule has 144 valence electrons. The quantitative estimate of drug-likeness (QED) is 0.699. The first-order chi connectivity index (χ1) is 12.8. The van der Waals surface area contributed by atoms with Gasteiger partial charge in [0.1, 0.15) is 0 Å². The van der Waals surface area contributed by atoms with Crippen molar-refractivity contribution in [2.45, 2.75) is 43.9 Å². The number of anilines is 1. The molecule has 1 amide bonds. The van der Waals surface area contributed by atoms with Crippen molar-refractivity contribution in [2.24, 2.45) is 0 Å². The molecule has 1 aliphatic rings. The molecule has 2 N–H and O–H groups in total. The first kappa shape index (κ1) is 20.0. The second-order valence-corrected chi connectivity index (χ2v) is 9.44. The van der Waals surface area contributed by atoms with E-state index in [9.17, 15) is 13.2 Å². The maximum atomic E-state index is 12.5. The summed E-state index contributed by atoms with van der Waals surface area (Å²) in [6, 6.07) is 10.9. The van der Waals surface area contributed by atoms with Gasteiger partial charge in [0.25, 0.3) is 0 Å². The molecule has 0 saturated carbocycles. The van der Waals surface area contributed by atoms with Gasteiger partial charge >= 0.3 is 0 Å². The SMILES string of the molecule is Cc1ccc(NC(=O)CCNS(=O)(=O)c2ccc3c(c2)CCCC3)c(Br)c1. The molecule has 0 atom stereocenters. The number of aryl methyl sites for hydroxylation is 3. The Morgan fingerprint density at radius 1 is 1.07 bits per heavy atom. The van der Waals surface area contributed by atoms with E-state index in [0.717, 1.165) is 41.3 Å². The lowest BCUT2D eigenvalue weighted by Gasteiger charge is -2.16. The van der Waals surface area contributed by atoms with E-state index >= 15 is 0 Å². The van der Waals surface area contributed by atoms with Crippen molar-refractivity contribution in [3.05, 3.63) is 57.6 Å². The average molecular weight is 451 g/mol. The Kier molecular flexibility index (Phi) is 6.34. The van der Waals surface area contributed by atoms with Gasteiger partial charge in [-0.3, -0.25) is 4.79 Å². The molecule has 2 aromatic rings. The number of halogens is 1. The van der Waals surface area contributed by atoms with E-state index in [1.54, 1.807) is 12.1 Å². The summed E-state index contributed by atoms with van der Waals surface area (Å²) in [4.78, 5) is 12.4. The van der Waals surface area contributed by atoms with Crippen LogP contribution in [0.25, 0.3) is 0 Å². The highest BCUT2D eigenvalue weighted by Gasteiger charge is 2.18. The van der Waals surface area contributed by atoms with Gasteiger partial charge in [0.05, 0.1) is 10.6 Å². The number of hydrogen-bond acceptors (Lipinski definition) is 3. The fraction of sp³-hybridized carbons (Fsp3) is 0.350. The third kappa shape index (κ3) is 5.18. The van der Waals surface area contributed by atoms with Gasteiger partial charge in [0.15, 0.2) is 0 Å². The molecule has 0 unspecified atom stereocenters. The van der Waals surface area contributed by atoms with Crippen LogP contribution >= 0.6 is 15.9 Å². The summed E-state index contributed by atoms with van der Waals surface area (Å²) in [6.07, 6.45) is 4.25. The summed E-state index contributed by atoms with van der Waals surface area (Å²) in [7, 11) is -3.62. The van der Waals surface area contributed by atoms with Crippen LogP contribution in [0, 0.1) is 6.92 Å². The van der Waals surface area contributed by atoms with Crippen LogP contribution in [0.1, 0.15) is 36.0 Å². The summed E-state index contributed by atoms with van der Waals surface area (Å²) in [5, 5.41) is 2.78. The fourth-order valence-electron chi connectivity index (χ4n) is 3.19. The van der Waals surface area contributed by atoms with Crippen LogP contribution in [0.2, 0.25) is 0 Å². The number of nitrogens with one attached hydrogen (secondary N) is 2. The van der Waals surface area contributed by atoms with Gasteiger partial charge in [0, 0.05) is 17.4 Å². The molecule has 27 heavy (non-hydrogen) atoms. The Morgan fingerprint density at radius 2 is 1.81 bits per heavy atom. The van der Waals surface area contributed by atoms with E-state index in [-0.39, 0.29) is 23.8 Å². The maximum Gasteiger partial charge on any atom is 0.240 e. The van der Waals surface area contributed by atoms with Crippen molar-refractivity contribution >= 4 is 37.5 Å². The van der Waals surface area contributed by atoms with Crippen LogP contribution in [0.15, 0.2) is 45.8 Å². The average Bonchev–Trinajstić information content (AvgIpc) is 2.63. The van der Waals surface area contributed by atoms with Gasteiger partial charge in [0.2, 0.25) is 15.9 Å². The number of carbonyl (C=O) groups excluding carboxylic acids is 1. The predicted molar refractivity (Wildman–Crippen MR) is 110 cm³/mol. The van der Waals surface area contributed by atoms with E-state index in [4.69, 9.17) is 0 Å². The minimum absolute atomic E-state index is 0.0503. The molecule has 2 aromatic carbocycles.